The molecule has 0 N–H and O–H groups in total. The highest BCUT2D eigenvalue weighted by Crippen LogP contribution is 2.20. The van der Waals surface area contributed by atoms with E-state index in [1.807, 2.05) is 19.1 Å². The molecule has 1 aromatic rings. The highest BCUT2D eigenvalue weighted by molar-refractivity contribution is 6.18. The highest BCUT2D eigenvalue weighted by Gasteiger charge is 2.19. The molecule has 2 rings (SSSR count). The maximum Gasteiger partial charge on any atom is 0.122 e. The number of rotatable bonds is 4. The standard InChI is InChI=1S/C14H21ClN2O/c1-11-6-14(18-2)7-13(16-11)10-17-5-3-4-12(8-15)9-17/h6-7,12H,3-5,8-10H2,1-2H3. The van der Waals surface area contributed by atoms with Crippen LogP contribution in [-0.2, 0) is 6.54 Å². The SMILES string of the molecule is COc1cc(C)nc(CN2CCCC(CCl)C2)c1. The lowest BCUT2D eigenvalue weighted by molar-refractivity contribution is 0.176. The number of ether oxygens (including phenoxy) is 1. The molecule has 1 atom stereocenters. The number of likely N-dealkylation sites (tertiary alicyclic amines) is 1. The molecule has 1 unspecified atom stereocenters. The van der Waals surface area contributed by atoms with Gasteiger partial charge in [-0.2, -0.15) is 0 Å². The first-order chi connectivity index (χ1) is 8.71. The summed E-state index contributed by atoms with van der Waals surface area (Å²) in [6.07, 6.45) is 2.49. The number of pyridine rings is 1. The molecule has 100 valence electrons. The Hall–Kier alpha value is -0.800. The molecule has 0 radical (unpaired) electrons. The molecular formula is C14H21ClN2O. The Kier molecular flexibility index (Phi) is 4.84. The monoisotopic (exact) mass is 268 g/mol. The van der Waals surface area contributed by atoms with Gasteiger partial charge < -0.3 is 4.74 Å². The number of piperidine rings is 1. The first-order valence-corrected chi connectivity index (χ1v) is 7.04. The summed E-state index contributed by atoms with van der Waals surface area (Å²) in [6, 6.07) is 3.98. The lowest BCUT2D eigenvalue weighted by atomic mass is 10.00. The molecule has 1 aliphatic heterocycles. The largest absolute Gasteiger partial charge is 0.497 e. The van der Waals surface area contributed by atoms with Crippen LogP contribution in [0.2, 0.25) is 0 Å². The van der Waals surface area contributed by atoms with Crippen LogP contribution in [0.25, 0.3) is 0 Å². The van der Waals surface area contributed by atoms with E-state index in [9.17, 15) is 0 Å². The van der Waals surface area contributed by atoms with Crippen LogP contribution in [-0.4, -0.2) is 36.0 Å². The second-order valence-corrected chi connectivity index (χ2v) is 5.35. The van der Waals surface area contributed by atoms with Gasteiger partial charge in [0.25, 0.3) is 0 Å². The van der Waals surface area contributed by atoms with Crippen molar-refractivity contribution in [1.82, 2.24) is 9.88 Å². The van der Waals surface area contributed by atoms with Crippen LogP contribution in [0.3, 0.4) is 0 Å². The molecule has 1 aliphatic rings. The second kappa shape index (κ2) is 6.39. The number of aromatic nitrogens is 1. The highest BCUT2D eigenvalue weighted by atomic mass is 35.5. The average Bonchev–Trinajstić information content (AvgIpc) is 2.38. The number of hydrogen-bond acceptors (Lipinski definition) is 3. The van der Waals surface area contributed by atoms with Gasteiger partial charge in [0.05, 0.1) is 12.8 Å². The molecular weight excluding hydrogens is 248 g/mol. The molecule has 0 aromatic carbocycles. The summed E-state index contributed by atoms with van der Waals surface area (Å²) in [4.78, 5) is 7.01. The van der Waals surface area contributed by atoms with Crippen LogP contribution < -0.4 is 4.74 Å². The Balaban J connectivity index is 2.02. The quantitative estimate of drug-likeness (QED) is 0.786. The molecule has 1 saturated heterocycles. The minimum absolute atomic E-state index is 0.632. The zero-order chi connectivity index (χ0) is 13.0. The summed E-state index contributed by atoms with van der Waals surface area (Å²) in [5.41, 5.74) is 2.09. The fraction of sp³-hybridized carbons (Fsp3) is 0.643. The summed E-state index contributed by atoms with van der Waals surface area (Å²) in [5.74, 6) is 2.29. The Morgan fingerprint density at radius 1 is 1.50 bits per heavy atom. The van der Waals surface area contributed by atoms with Gasteiger partial charge in [0.2, 0.25) is 0 Å². The summed E-state index contributed by atoms with van der Waals surface area (Å²) >= 11 is 5.96. The number of nitrogens with zero attached hydrogens (tertiary/aromatic N) is 2. The van der Waals surface area contributed by atoms with Gasteiger partial charge in [0.15, 0.2) is 0 Å². The minimum atomic E-state index is 0.632. The Morgan fingerprint density at radius 2 is 2.33 bits per heavy atom. The van der Waals surface area contributed by atoms with Gasteiger partial charge in [0.1, 0.15) is 5.75 Å². The molecule has 18 heavy (non-hydrogen) atoms. The van der Waals surface area contributed by atoms with E-state index in [-0.39, 0.29) is 0 Å². The maximum atomic E-state index is 5.96. The van der Waals surface area contributed by atoms with Gasteiger partial charge in [-0.1, -0.05) is 0 Å². The first-order valence-electron chi connectivity index (χ1n) is 6.51. The molecule has 4 heteroatoms. The second-order valence-electron chi connectivity index (χ2n) is 5.04. The van der Waals surface area contributed by atoms with Crippen molar-refractivity contribution in [3.8, 4) is 5.75 Å². The zero-order valence-corrected chi connectivity index (χ0v) is 11.9. The molecule has 2 heterocycles. The van der Waals surface area contributed by atoms with Crippen molar-refractivity contribution in [3.05, 3.63) is 23.5 Å². The molecule has 0 aliphatic carbocycles. The van der Waals surface area contributed by atoms with E-state index < -0.39 is 0 Å². The van der Waals surface area contributed by atoms with E-state index >= 15 is 0 Å². The lowest BCUT2D eigenvalue weighted by Crippen LogP contribution is -2.35. The van der Waals surface area contributed by atoms with E-state index in [0.29, 0.717) is 5.92 Å². The van der Waals surface area contributed by atoms with Crippen molar-refractivity contribution in [2.75, 3.05) is 26.1 Å². The van der Waals surface area contributed by atoms with E-state index in [2.05, 4.69) is 9.88 Å². The topological polar surface area (TPSA) is 25.4 Å². The normalized spacial score (nSPS) is 20.9. The van der Waals surface area contributed by atoms with E-state index in [4.69, 9.17) is 16.3 Å². The summed E-state index contributed by atoms with van der Waals surface area (Å²) < 4.78 is 5.29. The van der Waals surface area contributed by atoms with Crippen LogP contribution in [0.4, 0.5) is 0 Å². The number of aryl methyl sites for hydroxylation is 1. The molecule has 0 spiro atoms. The lowest BCUT2D eigenvalue weighted by Gasteiger charge is -2.31. The fourth-order valence-electron chi connectivity index (χ4n) is 2.55. The Morgan fingerprint density at radius 3 is 3.06 bits per heavy atom. The van der Waals surface area contributed by atoms with Crippen molar-refractivity contribution in [1.29, 1.82) is 0 Å². The number of hydrogen-bond donors (Lipinski definition) is 0. The minimum Gasteiger partial charge on any atom is -0.497 e. The van der Waals surface area contributed by atoms with Crippen molar-refractivity contribution in [2.24, 2.45) is 5.92 Å². The third-order valence-corrected chi connectivity index (χ3v) is 3.86. The third-order valence-electron chi connectivity index (χ3n) is 3.42. The van der Waals surface area contributed by atoms with Crippen LogP contribution in [0.5, 0.6) is 5.75 Å². The van der Waals surface area contributed by atoms with Gasteiger partial charge >= 0.3 is 0 Å². The predicted molar refractivity (Wildman–Crippen MR) is 74.2 cm³/mol. The number of methoxy groups -OCH3 is 1. The van der Waals surface area contributed by atoms with Crippen molar-refractivity contribution in [3.63, 3.8) is 0 Å². The molecule has 1 aromatic heterocycles. The maximum absolute atomic E-state index is 5.96. The van der Waals surface area contributed by atoms with Crippen molar-refractivity contribution in [2.45, 2.75) is 26.3 Å². The van der Waals surface area contributed by atoms with Gasteiger partial charge in [-0.3, -0.25) is 9.88 Å². The van der Waals surface area contributed by atoms with Crippen LogP contribution in [0.15, 0.2) is 12.1 Å². The summed E-state index contributed by atoms with van der Waals surface area (Å²) in [6.45, 7) is 5.13. The van der Waals surface area contributed by atoms with E-state index in [1.165, 1.54) is 12.8 Å². The molecule has 0 saturated carbocycles. The van der Waals surface area contributed by atoms with Crippen LogP contribution >= 0.6 is 11.6 Å². The smallest absolute Gasteiger partial charge is 0.122 e. The van der Waals surface area contributed by atoms with Gasteiger partial charge in [-0.15, -0.1) is 11.6 Å². The van der Waals surface area contributed by atoms with Crippen molar-refractivity contribution < 1.29 is 4.74 Å². The zero-order valence-electron chi connectivity index (χ0n) is 11.2. The molecule has 0 bridgehead atoms. The van der Waals surface area contributed by atoms with Crippen LogP contribution in [0, 0.1) is 12.8 Å². The van der Waals surface area contributed by atoms with Gasteiger partial charge in [-0.25, -0.2) is 0 Å². The number of alkyl halides is 1. The Bertz CT molecular complexity index is 397. The Labute approximate surface area is 114 Å². The first kappa shape index (κ1) is 13.6. The van der Waals surface area contributed by atoms with Gasteiger partial charge in [0, 0.05) is 36.8 Å². The van der Waals surface area contributed by atoms with Crippen LogP contribution in [0.1, 0.15) is 24.2 Å². The molecule has 0 amide bonds. The predicted octanol–water partition coefficient (Wildman–Crippen LogP) is 2.85. The third kappa shape index (κ3) is 3.59. The molecule has 1 fully saturated rings. The van der Waals surface area contributed by atoms with Gasteiger partial charge in [-0.05, 0) is 32.2 Å². The van der Waals surface area contributed by atoms with E-state index in [0.717, 1.165) is 42.7 Å². The summed E-state index contributed by atoms with van der Waals surface area (Å²) in [7, 11) is 1.70. The molecule has 3 nitrogen and oxygen atoms in total. The summed E-state index contributed by atoms with van der Waals surface area (Å²) in [5, 5.41) is 0. The van der Waals surface area contributed by atoms with Crippen molar-refractivity contribution >= 4 is 11.6 Å². The number of halogens is 1. The van der Waals surface area contributed by atoms with E-state index in [1.54, 1.807) is 7.11 Å². The average molecular weight is 269 g/mol. The fourth-order valence-corrected chi connectivity index (χ4v) is 2.80.